The van der Waals surface area contributed by atoms with Crippen molar-refractivity contribution in [2.45, 2.75) is 19.9 Å². The average Bonchev–Trinajstić information content (AvgIpc) is 2.86. The third-order valence-corrected chi connectivity index (χ3v) is 6.54. The largest absolute Gasteiger partial charge is 0.493 e. The summed E-state index contributed by atoms with van der Waals surface area (Å²) in [6, 6.07) is 16.9. The van der Waals surface area contributed by atoms with Crippen LogP contribution in [0.25, 0.3) is 32.9 Å². The zero-order valence-electron chi connectivity index (χ0n) is 19.1. The van der Waals surface area contributed by atoms with Crippen molar-refractivity contribution < 1.29 is 14.2 Å². The third kappa shape index (κ3) is 3.24. The first kappa shape index (κ1) is 20.6. The number of ether oxygens (including phenoxy) is 3. The van der Waals surface area contributed by atoms with Crippen molar-refractivity contribution in [2.24, 2.45) is 0 Å². The van der Waals surface area contributed by atoms with Crippen LogP contribution in [0, 0.1) is 0 Å². The van der Waals surface area contributed by atoms with Crippen molar-refractivity contribution in [2.75, 3.05) is 34.4 Å². The summed E-state index contributed by atoms with van der Waals surface area (Å²) in [4.78, 5) is 7.68. The molecule has 0 saturated carbocycles. The Labute approximate surface area is 188 Å². The first-order valence-corrected chi connectivity index (χ1v) is 11.0. The van der Waals surface area contributed by atoms with E-state index in [9.17, 15) is 0 Å². The highest BCUT2D eigenvalue weighted by Crippen LogP contribution is 2.43. The maximum atomic E-state index is 5.63. The highest BCUT2D eigenvalue weighted by Gasteiger charge is 2.25. The number of hydrogen-bond donors (Lipinski definition) is 0. The van der Waals surface area contributed by atoms with Crippen LogP contribution in [0.2, 0.25) is 0 Å². The van der Waals surface area contributed by atoms with Gasteiger partial charge in [-0.25, -0.2) is 4.98 Å². The van der Waals surface area contributed by atoms with Gasteiger partial charge in [-0.2, -0.15) is 0 Å². The molecule has 0 saturated heterocycles. The van der Waals surface area contributed by atoms with E-state index in [1.54, 1.807) is 21.3 Å². The third-order valence-electron chi connectivity index (χ3n) is 6.54. The Balaban J connectivity index is 1.84. The minimum atomic E-state index is 0.592. The van der Waals surface area contributed by atoms with E-state index < -0.39 is 0 Å². The molecule has 4 aromatic rings. The van der Waals surface area contributed by atoms with Crippen LogP contribution in [0.1, 0.15) is 18.1 Å². The topological polar surface area (TPSA) is 43.8 Å². The molecule has 1 aromatic heterocycles. The first-order chi connectivity index (χ1) is 15.7. The molecule has 2 heterocycles. The van der Waals surface area contributed by atoms with Gasteiger partial charge in [0.25, 0.3) is 0 Å². The number of aromatic nitrogens is 1. The predicted octanol–water partition coefficient (Wildman–Crippen LogP) is 5.46. The Morgan fingerprint density at radius 2 is 1.66 bits per heavy atom. The molecule has 0 unspecified atom stereocenters. The number of likely N-dealkylation sites (N-methyl/N-ethyl adjacent to an activating group) is 1. The lowest BCUT2D eigenvalue weighted by molar-refractivity contribution is 0.269. The molecular formula is C27H28N2O3. The summed E-state index contributed by atoms with van der Waals surface area (Å²) in [6.07, 6.45) is 1.01. The molecule has 0 radical (unpaired) electrons. The van der Waals surface area contributed by atoms with Gasteiger partial charge in [0, 0.05) is 24.0 Å². The lowest BCUT2D eigenvalue weighted by Gasteiger charge is -2.30. The van der Waals surface area contributed by atoms with Gasteiger partial charge in [-0.1, -0.05) is 37.3 Å². The molecule has 5 rings (SSSR count). The minimum absolute atomic E-state index is 0.592. The quantitative estimate of drug-likeness (QED) is 0.395. The summed E-state index contributed by atoms with van der Waals surface area (Å²) in [7, 11) is 4.92. The van der Waals surface area contributed by atoms with Crippen molar-refractivity contribution in [1.82, 2.24) is 9.88 Å². The second-order valence-electron chi connectivity index (χ2n) is 8.13. The molecule has 5 heteroatoms. The van der Waals surface area contributed by atoms with Gasteiger partial charge in [-0.05, 0) is 53.1 Å². The number of methoxy groups -OCH3 is 3. The minimum Gasteiger partial charge on any atom is -0.493 e. The van der Waals surface area contributed by atoms with Crippen molar-refractivity contribution in [3.63, 3.8) is 0 Å². The Hall–Kier alpha value is -3.31. The normalized spacial score (nSPS) is 13.9. The molecule has 0 amide bonds. The van der Waals surface area contributed by atoms with Gasteiger partial charge in [0.15, 0.2) is 11.5 Å². The van der Waals surface area contributed by atoms with E-state index in [1.165, 1.54) is 27.3 Å². The molecular weight excluding hydrogens is 400 g/mol. The summed E-state index contributed by atoms with van der Waals surface area (Å²) >= 11 is 0. The molecule has 0 aliphatic carbocycles. The zero-order valence-corrected chi connectivity index (χ0v) is 19.1. The Morgan fingerprint density at radius 1 is 0.906 bits per heavy atom. The molecule has 0 spiro atoms. The summed E-state index contributed by atoms with van der Waals surface area (Å²) in [5.74, 6) is 1.87. The van der Waals surface area contributed by atoms with Crippen molar-refractivity contribution in [3.8, 4) is 28.5 Å². The molecule has 1 aliphatic rings. The van der Waals surface area contributed by atoms with Crippen LogP contribution in [-0.4, -0.2) is 44.3 Å². The second kappa shape index (κ2) is 8.32. The van der Waals surface area contributed by atoms with Crippen LogP contribution in [0.5, 0.6) is 17.2 Å². The molecule has 5 nitrogen and oxygen atoms in total. The molecule has 0 fully saturated rings. The lowest BCUT2D eigenvalue weighted by atomic mass is 9.89. The predicted molar refractivity (Wildman–Crippen MR) is 129 cm³/mol. The number of nitrogens with zero attached hydrogens (tertiary/aromatic N) is 2. The molecule has 3 aromatic carbocycles. The first-order valence-electron chi connectivity index (χ1n) is 11.0. The summed E-state index contributed by atoms with van der Waals surface area (Å²) in [5.41, 5.74) is 5.68. The number of hydrogen-bond acceptors (Lipinski definition) is 5. The van der Waals surface area contributed by atoms with E-state index in [1.807, 2.05) is 12.1 Å². The van der Waals surface area contributed by atoms with Crippen molar-refractivity contribution in [3.05, 3.63) is 59.7 Å². The van der Waals surface area contributed by atoms with Crippen LogP contribution in [0.3, 0.4) is 0 Å². The molecule has 32 heavy (non-hydrogen) atoms. The van der Waals surface area contributed by atoms with Crippen molar-refractivity contribution in [1.29, 1.82) is 0 Å². The summed E-state index contributed by atoms with van der Waals surface area (Å²) in [5, 5.41) is 3.81. The van der Waals surface area contributed by atoms with Gasteiger partial charge in [0.1, 0.15) is 0 Å². The smallest absolute Gasteiger partial charge is 0.203 e. The van der Waals surface area contributed by atoms with Gasteiger partial charge in [-0.3, -0.25) is 4.90 Å². The number of fused-ring (bicyclic) bond motifs is 5. The highest BCUT2D eigenvalue weighted by molar-refractivity contribution is 6.09. The van der Waals surface area contributed by atoms with Crippen LogP contribution in [0.15, 0.2) is 48.5 Å². The van der Waals surface area contributed by atoms with E-state index in [-0.39, 0.29) is 0 Å². The van der Waals surface area contributed by atoms with E-state index in [2.05, 4.69) is 48.2 Å². The van der Waals surface area contributed by atoms with Crippen molar-refractivity contribution >= 4 is 21.7 Å². The van der Waals surface area contributed by atoms with Gasteiger partial charge < -0.3 is 14.2 Å². The van der Waals surface area contributed by atoms with Crippen LogP contribution in [-0.2, 0) is 13.0 Å². The molecule has 164 valence electrons. The van der Waals surface area contributed by atoms with Crippen LogP contribution < -0.4 is 14.2 Å². The maximum Gasteiger partial charge on any atom is 0.203 e. The Bertz CT molecular complexity index is 1290. The molecule has 0 atom stereocenters. The molecule has 1 aliphatic heterocycles. The van der Waals surface area contributed by atoms with Crippen LogP contribution in [0.4, 0.5) is 0 Å². The van der Waals surface area contributed by atoms with Crippen LogP contribution >= 0.6 is 0 Å². The lowest BCUT2D eigenvalue weighted by Crippen LogP contribution is -2.31. The fraction of sp³-hybridized carbons (Fsp3) is 0.296. The number of benzene rings is 3. The Morgan fingerprint density at radius 3 is 2.34 bits per heavy atom. The van der Waals surface area contributed by atoms with Gasteiger partial charge in [0.05, 0.1) is 32.5 Å². The SMILES string of the molecule is CCN1CCc2c(c(-c3cc(OC)c(OC)c(OC)c3)nc3ccc4ccccc4c23)C1. The van der Waals surface area contributed by atoms with E-state index in [0.29, 0.717) is 17.2 Å². The fourth-order valence-electron chi connectivity index (χ4n) is 4.90. The monoisotopic (exact) mass is 428 g/mol. The standard InChI is InChI=1S/C27H28N2O3/c1-5-29-13-12-20-21(16-29)26(18-14-23(30-2)27(32-4)24(15-18)31-3)28-22-11-10-17-8-6-7-9-19(17)25(20)22/h6-11,14-15H,5,12-13,16H2,1-4H3. The second-order valence-corrected chi connectivity index (χ2v) is 8.13. The van der Waals surface area contributed by atoms with E-state index in [0.717, 1.165) is 42.8 Å². The zero-order chi connectivity index (χ0) is 22.2. The number of rotatable bonds is 5. The summed E-state index contributed by atoms with van der Waals surface area (Å²) in [6.45, 7) is 5.17. The number of pyridine rings is 1. The summed E-state index contributed by atoms with van der Waals surface area (Å²) < 4.78 is 16.8. The maximum absolute atomic E-state index is 5.63. The molecule has 0 N–H and O–H groups in total. The fourth-order valence-corrected chi connectivity index (χ4v) is 4.90. The van der Waals surface area contributed by atoms with E-state index in [4.69, 9.17) is 19.2 Å². The average molecular weight is 429 g/mol. The molecule has 0 bridgehead atoms. The van der Waals surface area contributed by atoms with Gasteiger partial charge in [-0.15, -0.1) is 0 Å². The highest BCUT2D eigenvalue weighted by atomic mass is 16.5. The van der Waals surface area contributed by atoms with E-state index >= 15 is 0 Å². The van der Waals surface area contributed by atoms with Gasteiger partial charge in [0.2, 0.25) is 5.75 Å². The Kier molecular flexibility index (Phi) is 5.35. The van der Waals surface area contributed by atoms with Gasteiger partial charge >= 0.3 is 0 Å².